The number of aliphatic hydroxyl groups excluding tert-OH is 1. The fraction of sp³-hybridized carbons (Fsp3) is 0.600. The van der Waals surface area contributed by atoms with Crippen molar-refractivity contribution in [3.05, 3.63) is 23.3 Å². The molecule has 1 aromatic carbocycles. The Morgan fingerprint density at radius 1 is 1.32 bits per heavy atom. The third kappa shape index (κ3) is 3.19. The number of aliphatic hydroxyl groups is 1. The van der Waals surface area contributed by atoms with E-state index in [0.717, 1.165) is 55.1 Å². The molecule has 1 N–H and O–H groups in total. The van der Waals surface area contributed by atoms with E-state index < -0.39 is 0 Å². The highest BCUT2D eigenvalue weighted by molar-refractivity contribution is 5.49. The molecule has 1 aromatic rings. The number of β-amino-alcohol motifs (C(OH)–C–C–N with tert-alkyl or cyclic N) is 1. The van der Waals surface area contributed by atoms with E-state index >= 15 is 0 Å². The smallest absolute Gasteiger partial charge is 0.129 e. The SMILES string of the molecule is COc1ccc(CN2CCC[C@H](O)C2)c(OC)c1C. The van der Waals surface area contributed by atoms with Gasteiger partial charge in [-0.3, -0.25) is 4.90 Å². The first kappa shape index (κ1) is 14.2. The van der Waals surface area contributed by atoms with E-state index in [1.165, 1.54) is 0 Å². The lowest BCUT2D eigenvalue weighted by molar-refractivity contribution is 0.0664. The van der Waals surface area contributed by atoms with Gasteiger partial charge in [-0.1, -0.05) is 6.07 Å². The second-order valence-electron chi connectivity index (χ2n) is 5.12. The van der Waals surface area contributed by atoms with Crippen LogP contribution in [-0.2, 0) is 6.54 Å². The molecule has 0 aliphatic carbocycles. The molecule has 0 saturated carbocycles. The molecule has 0 bridgehead atoms. The van der Waals surface area contributed by atoms with Crippen molar-refractivity contribution in [3.8, 4) is 11.5 Å². The number of ether oxygens (including phenoxy) is 2. The molecule has 1 saturated heterocycles. The predicted octanol–water partition coefficient (Wildman–Crippen LogP) is 1.97. The summed E-state index contributed by atoms with van der Waals surface area (Å²) in [6, 6.07) is 4.03. The minimum atomic E-state index is -0.195. The highest BCUT2D eigenvalue weighted by Gasteiger charge is 2.20. The lowest BCUT2D eigenvalue weighted by Gasteiger charge is -2.30. The molecule has 2 rings (SSSR count). The first-order valence-corrected chi connectivity index (χ1v) is 6.76. The van der Waals surface area contributed by atoms with Crippen LogP contribution in [-0.4, -0.2) is 43.4 Å². The van der Waals surface area contributed by atoms with Crippen molar-refractivity contribution in [2.75, 3.05) is 27.3 Å². The van der Waals surface area contributed by atoms with Gasteiger partial charge in [0.15, 0.2) is 0 Å². The standard InChI is InChI=1S/C15H23NO3/c1-11-14(18-2)7-6-12(15(11)19-3)9-16-8-4-5-13(17)10-16/h6-7,13,17H,4-5,8-10H2,1-3H3/t13-/m0/s1. The van der Waals surface area contributed by atoms with Crippen molar-refractivity contribution in [2.24, 2.45) is 0 Å². The lowest BCUT2D eigenvalue weighted by Crippen LogP contribution is -2.37. The van der Waals surface area contributed by atoms with Gasteiger partial charge in [-0.05, 0) is 32.4 Å². The van der Waals surface area contributed by atoms with Gasteiger partial charge in [-0.2, -0.15) is 0 Å². The second-order valence-corrected chi connectivity index (χ2v) is 5.12. The summed E-state index contributed by atoms with van der Waals surface area (Å²) < 4.78 is 10.8. The average Bonchev–Trinajstić information content (AvgIpc) is 2.39. The lowest BCUT2D eigenvalue weighted by atomic mass is 10.0. The van der Waals surface area contributed by atoms with Crippen molar-refractivity contribution >= 4 is 0 Å². The van der Waals surface area contributed by atoms with Gasteiger partial charge in [0.2, 0.25) is 0 Å². The normalized spacial score (nSPS) is 20.3. The maximum Gasteiger partial charge on any atom is 0.129 e. The minimum Gasteiger partial charge on any atom is -0.496 e. The summed E-state index contributed by atoms with van der Waals surface area (Å²) >= 11 is 0. The van der Waals surface area contributed by atoms with E-state index in [1.54, 1.807) is 14.2 Å². The Hall–Kier alpha value is -1.26. The fourth-order valence-electron chi connectivity index (χ4n) is 2.78. The van der Waals surface area contributed by atoms with Gasteiger partial charge in [0.05, 0.1) is 20.3 Å². The molecular formula is C15H23NO3. The number of benzene rings is 1. The van der Waals surface area contributed by atoms with E-state index in [4.69, 9.17) is 9.47 Å². The molecule has 106 valence electrons. The fourth-order valence-corrected chi connectivity index (χ4v) is 2.78. The summed E-state index contributed by atoms with van der Waals surface area (Å²) in [4.78, 5) is 2.28. The van der Waals surface area contributed by atoms with Crippen LogP contribution in [0.1, 0.15) is 24.0 Å². The molecule has 0 amide bonds. The summed E-state index contributed by atoms with van der Waals surface area (Å²) in [6.45, 7) is 4.59. The molecule has 19 heavy (non-hydrogen) atoms. The van der Waals surface area contributed by atoms with Gasteiger partial charge in [0, 0.05) is 24.2 Å². The van der Waals surface area contributed by atoms with E-state index in [-0.39, 0.29) is 6.10 Å². The van der Waals surface area contributed by atoms with Crippen LogP contribution in [0, 0.1) is 6.92 Å². The monoisotopic (exact) mass is 265 g/mol. The van der Waals surface area contributed by atoms with Crippen LogP contribution >= 0.6 is 0 Å². The zero-order valence-electron chi connectivity index (χ0n) is 12.0. The molecule has 1 aliphatic rings. The molecule has 1 fully saturated rings. The first-order chi connectivity index (χ1) is 9.15. The predicted molar refractivity (Wildman–Crippen MR) is 74.8 cm³/mol. The van der Waals surface area contributed by atoms with Crippen molar-refractivity contribution in [1.29, 1.82) is 0 Å². The van der Waals surface area contributed by atoms with Crippen molar-refractivity contribution in [2.45, 2.75) is 32.4 Å². The van der Waals surface area contributed by atoms with Gasteiger partial charge in [-0.15, -0.1) is 0 Å². The number of methoxy groups -OCH3 is 2. The van der Waals surface area contributed by atoms with Crippen LogP contribution in [0.2, 0.25) is 0 Å². The Labute approximate surface area is 114 Å². The molecular weight excluding hydrogens is 242 g/mol. The summed E-state index contributed by atoms with van der Waals surface area (Å²) in [5.41, 5.74) is 2.18. The quantitative estimate of drug-likeness (QED) is 0.904. The van der Waals surface area contributed by atoms with Crippen LogP contribution in [0.3, 0.4) is 0 Å². The molecule has 0 radical (unpaired) electrons. The summed E-state index contributed by atoms with van der Waals surface area (Å²) in [5.74, 6) is 1.73. The van der Waals surface area contributed by atoms with Crippen LogP contribution < -0.4 is 9.47 Å². The van der Waals surface area contributed by atoms with Gasteiger partial charge >= 0.3 is 0 Å². The van der Waals surface area contributed by atoms with Gasteiger partial charge in [0.1, 0.15) is 11.5 Å². The third-order valence-corrected chi connectivity index (χ3v) is 3.74. The van der Waals surface area contributed by atoms with Crippen LogP contribution in [0.5, 0.6) is 11.5 Å². The van der Waals surface area contributed by atoms with Crippen LogP contribution in [0.15, 0.2) is 12.1 Å². The van der Waals surface area contributed by atoms with Gasteiger partial charge < -0.3 is 14.6 Å². The number of piperidine rings is 1. The molecule has 0 aromatic heterocycles. The number of rotatable bonds is 4. The van der Waals surface area contributed by atoms with Gasteiger partial charge in [0.25, 0.3) is 0 Å². The molecule has 1 atom stereocenters. The zero-order chi connectivity index (χ0) is 13.8. The van der Waals surface area contributed by atoms with Gasteiger partial charge in [-0.25, -0.2) is 0 Å². The number of likely N-dealkylation sites (tertiary alicyclic amines) is 1. The maximum absolute atomic E-state index is 9.73. The minimum absolute atomic E-state index is 0.195. The number of nitrogens with zero attached hydrogens (tertiary/aromatic N) is 1. The highest BCUT2D eigenvalue weighted by atomic mass is 16.5. The molecule has 4 heteroatoms. The Morgan fingerprint density at radius 3 is 2.74 bits per heavy atom. The highest BCUT2D eigenvalue weighted by Crippen LogP contribution is 2.32. The maximum atomic E-state index is 9.73. The van der Waals surface area contributed by atoms with E-state index in [0.29, 0.717) is 0 Å². The second kappa shape index (κ2) is 6.26. The Morgan fingerprint density at radius 2 is 2.11 bits per heavy atom. The number of hydrogen-bond acceptors (Lipinski definition) is 4. The van der Waals surface area contributed by atoms with Crippen LogP contribution in [0.4, 0.5) is 0 Å². The van der Waals surface area contributed by atoms with E-state index in [1.807, 2.05) is 19.1 Å². The number of hydrogen-bond donors (Lipinski definition) is 1. The average molecular weight is 265 g/mol. The van der Waals surface area contributed by atoms with Crippen molar-refractivity contribution < 1.29 is 14.6 Å². The summed E-state index contributed by atoms with van der Waals surface area (Å²) in [6.07, 6.45) is 1.77. The summed E-state index contributed by atoms with van der Waals surface area (Å²) in [5, 5.41) is 9.73. The van der Waals surface area contributed by atoms with Crippen LogP contribution in [0.25, 0.3) is 0 Å². The topological polar surface area (TPSA) is 41.9 Å². The van der Waals surface area contributed by atoms with Crippen molar-refractivity contribution in [1.82, 2.24) is 4.90 Å². The molecule has 0 spiro atoms. The first-order valence-electron chi connectivity index (χ1n) is 6.76. The Bertz CT molecular complexity index is 434. The molecule has 0 unspecified atom stereocenters. The van der Waals surface area contributed by atoms with E-state index in [9.17, 15) is 5.11 Å². The molecule has 4 nitrogen and oxygen atoms in total. The van der Waals surface area contributed by atoms with E-state index in [2.05, 4.69) is 4.90 Å². The Balaban J connectivity index is 2.17. The Kier molecular flexibility index (Phi) is 4.66. The zero-order valence-corrected chi connectivity index (χ0v) is 12.0. The summed E-state index contributed by atoms with van der Waals surface area (Å²) in [7, 11) is 3.36. The molecule has 1 aliphatic heterocycles. The largest absolute Gasteiger partial charge is 0.496 e. The molecule has 1 heterocycles. The third-order valence-electron chi connectivity index (χ3n) is 3.74. The van der Waals surface area contributed by atoms with Crippen molar-refractivity contribution in [3.63, 3.8) is 0 Å².